The van der Waals surface area contributed by atoms with Crippen LogP contribution in [0.25, 0.3) is 17.0 Å². The lowest BCUT2D eigenvalue weighted by molar-refractivity contribution is 0.779. The van der Waals surface area contributed by atoms with Gasteiger partial charge in [0.1, 0.15) is 0 Å². The highest BCUT2D eigenvalue weighted by Gasteiger charge is 2.10. The zero-order valence-corrected chi connectivity index (χ0v) is 14.6. The zero-order chi connectivity index (χ0) is 16.4. The highest BCUT2D eigenvalue weighted by molar-refractivity contribution is 9.10. The molecule has 116 valence electrons. The van der Waals surface area contributed by atoms with Crippen LogP contribution in [0.4, 0.5) is 0 Å². The summed E-state index contributed by atoms with van der Waals surface area (Å²) in [5, 5.41) is 0.999. The molecule has 0 bridgehead atoms. The molecule has 2 aromatic carbocycles. The minimum atomic E-state index is -0.249. The van der Waals surface area contributed by atoms with Gasteiger partial charge in [0.25, 0.3) is 5.56 Å². The third-order valence-corrected chi connectivity index (χ3v) is 4.93. The van der Waals surface area contributed by atoms with Crippen molar-refractivity contribution in [3.63, 3.8) is 0 Å². The van der Waals surface area contributed by atoms with Crippen molar-refractivity contribution in [3.05, 3.63) is 75.0 Å². The van der Waals surface area contributed by atoms with E-state index in [1.54, 1.807) is 12.1 Å². The van der Waals surface area contributed by atoms with Gasteiger partial charge in [-0.1, -0.05) is 64.6 Å². The average Bonchev–Trinajstić information content (AvgIpc) is 2.58. The Bertz CT molecular complexity index is 935. The third-order valence-electron chi connectivity index (χ3n) is 3.41. The molecule has 0 atom stereocenters. The van der Waals surface area contributed by atoms with Crippen LogP contribution in [-0.2, 0) is 5.75 Å². The number of rotatable bonds is 4. The first-order valence-electron chi connectivity index (χ1n) is 6.90. The second-order valence-electron chi connectivity index (χ2n) is 4.97. The van der Waals surface area contributed by atoms with Crippen LogP contribution in [0.2, 0.25) is 0 Å². The monoisotopic (exact) mass is 387 g/mol. The van der Waals surface area contributed by atoms with E-state index in [9.17, 15) is 4.79 Å². The minimum absolute atomic E-state index is 0.249. The molecular weight excluding hydrogens is 374 g/mol. The maximum absolute atomic E-state index is 12.3. The summed E-state index contributed by atoms with van der Waals surface area (Å²) in [6.45, 7) is 3.74. The second kappa shape index (κ2) is 6.60. The molecular formula is C17H14BrN3OS. The number of aromatic nitrogens is 2. The lowest BCUT2D eigenvalue weighted by Gasteiger charge is -2.08. The molecule has 3 rings (SSSR count). The van der Waals surface area contributed by atoms with Crippen molar-refractivity contribution in [1.29, 1.82) is 0 Å². The maximum Gasteiger partial charge on any atom is 0.280 e. The average molecular weight is 388 g/mol. The van der Waals surface area contributed by atoms with Crippen LogP contribution < -0.4 is 11.4 Å². The predicted molar refractivity (Wildman–Crippen MR) is 99.9 cm³/mol. The van der Waals surface area contributed by atoms with Gasteiger partial charge in [0.15, 0.2) is 5.16 Å². The number of hydrogen-bond acceptors (Lipinski definition) is 4. The standard InChI is InChI=1S/C17H14BrN3OS/c1-2-11-3-5-12(6-4-11)10-23-17-20-15-8-7-13(18)9-14(15)16(22)21(17)19/h2-9H,1,10,19H2. The van der Waals surface area contributed by atoms with Gasteiger partial charge in [-0.2, -0.15) is 0 Å². The summed E-state index contributed by atoms with van der Waals surface area (Å²) < 4.78 is 1.93. The molecule has 0 radical (unpaired) electrons. The highest BCUT2D eigenvalue weighted by atomic mass is 79.9. The molecule has 23 heavy (non-hydrogen) atoms. The Morgan fingerprint density at radius 1 is 1.26 bits per heavy atom. The lowest BCUT2D eigenvalue weighted by atomic mass is 10.1. The summed E-state index contributed by atoms with van der Waals surface area (Å²) in [5.74, 6) is 6.58. The van der Waals surface area contributed by atoms with E-state index < -0.39 is 0 Å². The first kappa shape index (κ1) is 15.8. The molecule has 6 heteroatoms. The van der Waals surface area contributed by atoms with E-state index in [1.807, 2.05) is 36.4 Å². The van der Waals surface area contributed by atoms with Crippen LogP contribution in [0.15, 0.2) is 63.5 Å². The summed E-state index contributed by atoms with van der Waals surface area (Å²) in [6.07, 6.45) is 1.80. The fourth-order valence-corrected chi connectivity index (χ4v) is 3.38. The predicted octanol–water partition coefficient (Wildman–Crippen LogP) is 3.81. The van der Waals surface area contributed by atoms with Gasteiger partial charge in [0.2, 0.25) is 0 Å². The molecule has 4 nitrogen and oxygen atoms in total. The molecule has 0 aliphatic heterocycles. The number of nitrogens with two attached hydrogens (primary N) is 1. The molecule has 2 N–H and O–H groups in total. The number of halogens is 1. The highest BCUT2D eigenvalue weighted by Crippen LogP contribution is 2.22. The van der Waals surface area contributed by atoms with Crippen molar-refractivity contribution in [2.75, 3.05) is 5.84 Å². The van der Waals surface area contributed by atoms with Crippen molar-refractivity contribution in [3.8, 4) is 0 Å². The molecule has 0 aliphatic rings. The lowest BCUT2D eigenvalue weighted by Crippen LogP contribution is -2.29. The Labute approximate surface area is 146 Å². The van der Waals surface area contributed by atoms with Gasteiger partial charge in [-0.15, -0.1) is 0 Å². The van der Waals surface area contributed by atoms with E-state index in [2.05, 4.69) is 27.5 Å². The first-order chi connectivity index (χ1) is 11.1. The molecule has 0 spiro atoms. The van der Waals surface area contributed by atoms with Gasteiger partial charge >= 0.3 is 0 Å². The quantitative estimate of drug-likeness (QED) is 0.420. The molecule has 0 fully saturated rings. The first-order valence-corrected chi connectivity index (χ1v) is 8.68. The van der Waals surface area contributed by atoms with Gasteiger partial charge < -0.3 is 5.84 Å². The van der Waals surface area contributed by atoms with Crippen molar-refractivity contribution in [1.82, 2.24) is 9.66 Å². The second-order valence-corrected chi connectivity index (χ2v) is 6.82. The molecule has 1 heterocycles. The van der Waals surface area contributed by atoms with Crippen LogP contribution in [0, 0.1) is 0 Å². The molecule has 0 saturated heterocycles. The Balaban J connectivity index is 1.90. The van der Waals surface area contributed by atoms with E-state index in [4.69, 9.17) is 5.84 Å². The molecule has 0 aliphatic carbocycles. The normalized spacial score (nSPS) is 10.8. The molecule has 0 amide bonds. The fraction of sp³-hybridized carbons (Fsp3) is 0.0588. The summed E-state index contributed by atoms with van der Waals surface area (Å²) in [6, 6.07) is 13.5. The van der Waals surface area contributed by atoms with E-state index in [1.165, 1.54) is 11.8 Å². The van der Waals surface area contributed by atoms with E-state index in [0.717, 1.165) is 20.3 Å². The maximum atomic E-state index is 12.3. The zero-order valence-electron chi connectivity index (χ0n) is 12.2. The van der Waals surface area contributed by atoms with Gasteiger partial charge in [-0.05, 0) is 29.3 Å². The Kier molecular flexibility index (Phi) is 4.54. The van der Waals surface area contributed by atoms with Crippen LogP contribution in [0.1, 0.15) is 11.1 Å². The van der Waals surface area contributed by atoms with Crippen LogP contribution in [0.5, 0.6) is 0 Å². The Morgan fingerprint density at radius 2 is 2.00 bits per heavy atom. The van der Waals surface area contributed by atoms with Crippen molar-refractivity contribution in [2.45, 2.75) is 10.9 Å². The van der Waals surface area contributed by atoms with E-state index in [-0.39, 0.29) is 5.56 Å². The molecule has 0 unspecified atom stereocenters. The van der Waals surface area contributed by atoms with Gasteiger partial charge in [-0.25, -0.2) is 9.66 Å². The number of hydrogen-bond donors (Lipinski definition) is 1. The van der Waals surface area contributed by atoms with Gasteiger partial charge in [0, 0.05) is 10.2 Å². The third kappa shape index (κ3) is 3.33. The Hall–Kier alpha value is -2.05. The summed E-state index contributed by atoms with van der Waals surface area (Å²) in [4.78, 5) is 16.8. The summed E-state index contributed by atoms with van der Waals surface area (Å²) in [7, 11) is 0. The van der Waals surface area contributed by atoms with Gasteiger partial charge in [0.05, 0.1) is 10.9 Å². The van der Waals surface area contributed by atoms with Crippen molar-refractivity contribution >= 4 is 44.7 Å². The smallest absolute Gasteiger partial charge is 0.280 e. The van der Waals surface area contributed by atoms with E-state index in [0.29, 0.717) is 21.8 Å². The molecule has 1 aromatic heterocycles. The topological polar surface area (TPSA) is 60.9 Å². The van der Waals surface area contributed by atoms with Gasteiger partial charge in [-0.3, -0.25) is 4.79 Å². The summed E-state index contributed by atoms with van der Waals surface area (Å²) in [5.41, 5.74) is 2.60. The SMILES string of the molecule is C=Cc1ccc(CSc2nc3ccc(Br)cc3c(=O)n2N)cc1. The van der Waals surface area contributed by atoms with Crippen LogP contribution >= 0.6 is 27.7 Å². The minimum Gasteiger partial charge on any atom is -0.334 e. The van der Waals surface area contributed by atoms with Crippen LogP contribution in [0.3, 0.4) is 0 Å². The van der Waals surface area contributed by atoms with E-state index >= 15 is 0 Å². The number of nitrogens with zero attached hydrogens (tertiary/aromatic N) is 2. The molecule has 3 aromatic rings. The fourth-order valence-electron chi connectivity index (χ4n) is 2.15. The number of fused-ring (bicyclic) bond motifs is 1. The summed E-state index contributed by atoms with van der Waals surface area (Å²) >= 11 is 4.79. The van der Waals surface area contributed by atoms with Crippen LogP contribution in [-0.4, -0.2) is 9.66 Å². The number of nitrogen functional groups attached to an aromatic ring is 1. The largest absolute Gasteiger partial charge is 0.334 e. The van der Waals surface area contributed by atoms with Crippen molar-refractivity contribution < 1.29 is 0 Å². The molecule has 0 saturated carbocycles. The van der Waals surface area contributed by atoms with Crippen molar-refractivity contribution in [2.24, 2.45) is 0 Å². The number of thioether (sulfide) groups is 1. The Morgan fingerprint density at radius 3 is 2.70 bits per heavy atom. The number of benzene rings is 2.